The molecule has 0 unspecified atom stereocenters. The van der Waals surface area contributed by atoms with E-state index in [4.69, 9.17) is 4.74 Å². The van der Waals surface area contributed by atoms with E-state index < -0.39 is 0 Å². The number of hydrogen-bond donors (Lipinski definition) is 0. The zero-order chi connectivity index (χ0) is 12.4. The second-order valence-electron chi connectivity index (χ2n) is 4.03. The summed E-state index contributed by atoms with van der Waals surface area (Å²) in [6.07, 6.45) is 11.6. The maximum atomic E-state index is 5.32. The Morgan fingerprint density at radius 1 is 1.06 bits per heavy atom. The molecule has 90 valence electrons. The summed E-state index contributed by atoms with van der Waals surface area (Å²) in [5, 5.41) is 0. The van der Waals surface area contributed by atoms with Gasteiger partial charge in [-0.2, -0.15) is 0 Å². The van der Waals surface area contributed by atoms with Gasteiger partial charge < -0.3 is 4.74 Å². The van der Waals surface area contributed by atoms with Gasteiger partial charge >= 0.3 is 0 Å². The van der Waals surface area contributed by atoms with Crippen molar-refractivity contribution < 1.29 is 4.74 Å². The zero-order valence-electron chi connectivity index (χ0n) is 11.2. The standard InChI is InChI=1S/C15H24O/c1-6-16-15(5)12-8-11-14(4)10-7-9-13(2)3/h8-12H,6-7H2,1-5H3/b11-8+,14-10+,15-12-. The molecule has 16 heavy (non-hydrogen) atoms. The molecule has 0 radical (unpaired) electrons. The predicted octanol–water partition coefficient (Wildman–Crippen LogP) is 4.79. The third-order valence-electron chi connectivity index (χ3n) is 2.03. The topological polar surface area (TPSA) is 9.23 Å². The molecule has 0 saturated heterocycles. The van der Waals surface area contributed by atoms with Crippen LogP contribution in [0.25, 0.3) is 0 Å². The van der Waals surface area contributed by atoms with Crippen LogP contribution in [-0.4, -0.2) is 6.61 Å². The highest BCUT2D eigenvalue weighted by Crippen LogP contribution is 2.02. The Balaban J connectivity index is 4.13. The summed E-state index contributed by atoms with van der Waals surface area (Å²) >= 11 is 0. The number of rotatable bonds is 6. The lowest BCUT2D eigenvalue weighted by molar-refractivity contribution is 0.231. The molecule has 0 rings (SSSR count). The summed E-state index contributed by atoms with van der Waals surface area (Å²) in [6.45, 7) is 11.0. The van der Waals surface area contributed by atoms with Crippen molar-refractivity contribution in [3.63, 3.8) is 0 Å². The zero-order valence-corrected chi connectivity index (χ0v) is 11.2. The van der Waals surface area contributed by atoms with E-state index in [9.17, 15) is 0 Å². The van der Waals surface area contributed by atoms with Crippen LogP contribution in [0.5, 0.6) is 0 Å². The highest BCUT2D eigenvalue weighted by molar-refractivity contribution is 5.21. The van der Waals surface area contributed by atoms with Crippen LogP contribution in [0.4, 0.5) is 0 Å². The van der Waals surface area contributed by atoms with Crippen LogP contribution < -0.4 is 0 Å². The summed E-state index contributed by atoms with van der Waals surface area (Å²) in [7, 11) is 0. The summed E-state index contributed by atoms with van der Waals surface area (Å²) < 4.78 is 5.32. The van der Waals surface area contributed by atoms with Gasteiger partial charge in [0.1, 0.15) is 0 Å². The quantitative estimate of drug-likeness (QED) is 0.355. The van der Waals surface area contributed by atoms with Gasteiger partial charge in [0.15, 0.2) is 0 Å². The first-order chi connectivity index (χ1) is 7.56. The largest absolute Gasteiger partial charge is 0.499 e. The third kappa shape index (κ3) is 9.32. The van der Waals surface area contributed by atoms with Crippen LogP contribution in [0.1, 0.15) is 41.0 Å². The smallest absolute Gasteiger partial charge is 0.0928 e. The molecule has 1 heteroatoms. The summed E-state index contributed by atoms with van der Waals surface area (Å²) in [5.41, 5.74) is 2.64. The molecule has 0 amide bonds. The van der Waals surface area contributed by atoms with E-state index in [0.717, 1.165) is 18.8 Å². The molecule has 0 fully saturated rings. The Morgan fingerprint density at radius 2 is 1.75 bits per heavy atom. The normalized spacial score (nSPS) is 13.1. The molecule has 0 aliphatic heterocycles. The first-order valence-electron chi connectivity index (χ1n) is 5.84. The molecule has 0 N–H and O–H groups in total. The van der Waals surface area contributed by atoms with E-state index in [0.29, 0.717) is 0 Å². The summed E-state index contributed by atoms with van der Waals surface area (Å²) in [5.74, 6) is 0.954. The number of hydrogen-bond acceptors (Lipinski definition) is 1. The van der Waals surface area contributed by atoms with Gasteiger partial charge in [0.25, 0.3) is 0 Å². The lowest BCUT2D eigenvalue weighted by Crippen LogP contribution is -1.84. The van der Waals surface area contributed by atoms with Crippen molar-refractivity contribution in [3.8, 4) is 0 Å². The Morgan fingerprint density at radius 3 is 2.31 bits per heavy atom. The summed E-state index contributed by atoms with van der Waals surface area (Å²) in [4.78, 5) is 0. The van der Waals surface area contributed by atoms with Crippen LogP contribution in [-0.2, 0) is 4.74 Å². The predicted molar refractivity (Wildman–Crippen MR) is 72.3 cm³/mol. The van der Waals surface area contributed by atoms with Crippen molar-refractivity contribution >= 4 is 0 Å². The first-order valence-corrected chi connectivity index (χ1v) is 5.84. The molecule has 0 atom stereocenters. The Kier molecular flexibility index (Phi) is 8.32. The maximum Gasteiger partial charge on any atom is 0.0928 e. The molecule has 0 aromatic rings. The second kappa shape index (κ2) is 9.02. The molecule has 1 nitrogen and oxygen atoms in total. The lowest BCUT2D eigenvalue weighted by atomic mass is 10.2. The van der Waals surface area contributed by atoms with Crippen LogP contribution >= 0.6 is 0 Å². The molecule has 0 aliphatic rings. The molecule has 0 aromatic carbocycles. The van der Waals surface area contributed by atoms with Gasteiger partial charge in [-0.15, -0.1) is 0 Å². The SMILES string of the molecule is CCO\C(C)=C/C=C/C(C)=C/CC=C(C)C. The van der Waals surface area contributed by atoms with Crippen molar-refractivity contribution in [2.45, 2.75) is 41.0 Å². The average Bonchev–Trinajstić information content (AvgIpc) is 2.17. The molecule has 0 heterocycles. The Hall–Kier alpha value is -1.24. The van der Waals surface area contributed by atoms with Gasteiger partial charge in [0.05, 0.1) is 12.4 Å². The summed E-state index contributed by atoms with van der Waals surface area (Å²) in [6, 6.07) is 0. The highest BCUT2D eigenvalue weighted by atomic mass is 16.5. The van der Waals surface area contributed by atoms with E-state index in [1.165, 1.54) is 11.1 Å². The minimum atomic E-state index is 0.728. The minimum absolute atomic E-state index is 0.728. The fraction of sp³-hybridized carbons (Fsp3) is 0.467. The molecule has 0 saturated carbocycles. The van der Waals surface area contributed by atoms with E-state index >= 15 is 0 Å². The van der Waals surface area contributed by atoms with Crippen molar-refractivity contribution in [1.82, 2.24) is 0 Å². The van der Waals surface area contributed by atoms with Crippen LogP contribution in [0.15, 0.2) is 47.3 Å². The van der Waals surface area contributed by atoms with Gasteiger partial charge in [0, 0.05) is 0 Å². The molecule has 0 aliphatic carbocycles. The number of ether oxygens (including phenoxy) is 1. The van der Waals surface area contributed by atoms with Gasteiger partial charge in [-0.05, 0) is 47.1 Å². The molecule has 0 aromatic heterocycles. The molecule has 0 bridgehead atoms. The molecule has 0 spiro atoms. The monoisotopic (exact) mass is 220 g/mol. The fourth-order valence-electron chi connectivity index (χ4n) is 1.16. The third-order valence-corrected chi connectivity index (χ3v) is 2.03. The van der Waals surface area contributed by atoms with Crippen LogP contribution in [0.3, 0.4) is 0 Å². The maximum absolute atomic E-state index is 5.32. The van der Waals surface area contributed by atoms with Gasteiger partial charge in [-0.1, -0.05) is 35.5 Å². The Labute approximate surface area is 100 Å². The first kappa shape index (κ1) is 14.8. The van der Waals surface area contributed by atoms with E-state index in [1.54, 1.807) is 0 Å². The van der Waals surface area contributed by atoms with E-state index in [-0.39, 0.29) is 0 Å². The van der Waals surface area contributed by atoms with Gasteiger partial charge in [-0.25, -0.2) is 0 Å². The van der Waals surface area contributed by atoms with Crippen molar-refractivity contribution in [2.24, 2.45) is 0 Å². The average molecular weight is 220 g/mol. The van der Waals surface area contributed by atoms with Crippen molar-refractivity contribution in [1.29, 1.82) is 0 Å². The van der Waals surface area contributed by atoms with Crippen molar-refractivity contribution in [3.05, 3.63) is 47.3 Å². The highest BCUT2D eigenvalue weighted by Gasteiger charge is 1.83. The fourth-order valence-corrected chi connectivity index (χ4v) is 1.16. The number of allylic oxidation sites excluding steroid dienone is 8. The minimum Gasteiger partial charge on any atom is -0.499 e. The van der Waals surface area contributed by atoms with Crippen molar-refractivity contribution in [2.75, 3.05) is 6.61 Å². The second-order valence-corrected chi connectivity index (χ2v) is 4.03. The van der Waals surface area contributed by atoms with Gasteiger partial charge in [-0.3, -0.25) is 0 Å². The van der Waals surface area contributed by atoms with E-state index in [2.05, 4.69) is 39.0 Å². The Bertz CT molecular complexity index is 299. The van der Waals surface area contributed by atoms with Gasteiger partial charge in [0.2, 0.25) is 0 Å². The molecular weight excluding hydrogens is 196 g/mol. The van der Waals surface area contributed by atoms with Crippen LogP contribution in [0.2, 0.25) is 0 Å². The van der Waals surface area contributed by atoms with E-state index in [1.807, 2.05) is 26.0 Å². The molecular formula is C15H24O. The lowest BCUT2D eigenvalue weighted by Gasteiger charge is -1.99. The van der Waals surface area contributed by atoms with Crippen LogP contribution in [0, 0.1) is 0 Å².